The lowest BCUT2D eigenvalue weighted by atomic mass is 9.91. The van der Waals surface area contributed by atoms with Crippen molar-refractivity contribution in [3.05, 3.63) is 59.7 Å². The van der Waals surface area contributed by atoms with Crippen LogP contribution in [0.3, 0.4) is 0 Å². The van der Waals surface area contributed by atoms with Crippen LogP contribution in [0.2, 0.25) is 0 Å². The maximum Gasteiger partial charge on any atom is 0.231 e. The van der Waals surface area contributed by atoms with Gasteiger partial charge in [-0.15, -0.1) is 0 Å². The molecule has 1 heterocycles. The molecule has 0 aromatic heterocycles. The number of likely N-dealkylation sites (N-methyl/N-ethyl adjacent to an activating group) is 1. The van der Waals surface area contributed by atoms with Gasteiger partial charge >= 0.3 is 0 Å². The minimum Gasteiger partial charge on any atom is -0.454 e. The highest BCUT2D eigenvalue weighted by Gasteiger charge is 2.18. The largest absolute Gasteiger partial charge is 0.454 e. The van der Waals surface area contributed by atoms with Gasteiger partial charge in [-0.2, -0.15) is 0 Å². The minimum absolute atomic E-state index is 0.328. The second kappa shape index (κ2) is 5.97. The average Bonchev–Trinajstić information content (AvgIpc) is 2.95. The Morgan fingerprint density at radius 3 is 2.65 bits per heavy atom. The van der Waals surface area contributed by atoms with Crippen LogP contribution in [0.5, 0.6) is 11.5 Å². The average molecular weight is 269 g/mol. The van der Waals surface area contributed by atoms with E-state index in [2.05, 4.69) is 47.8 Å². The zero-order valence-electron chi connectivity index (χ0n) is 11.6. The van der Waals surface area contributed by atoms with Crippen molar-refractivity contribution in [2.45, 2.75) is 12.3 Å². The highest BCUT2D eigenvalue weighted by molar-refractivity contribution is 5.45. The minimum atomic E-state index is 0.328. The van der Waals surface area contributed by atoms with E-state index in [0.717, 1.165) is 24.5 Å². The van der Waals surface area contributed by atoms with Crippen LogP contribution in [0.15, 0.2) is 48.5 Å². The lowest BCUT2D eigenvalue weighted by Crippen LogP contribution is -2.19. The fraction of sp³-hybridized carbons (Fsp3) is 0.294. The van der Waals surface area contributed by atoms with Gasteiger partial charge in [-0.3, -0.25) is 0 Å². The molecule has 1 atom stereocenters. The molecular weight excluding hydrogens is 250 g/mol. The molecule has 0 aliphatic carbocycles. The molecule has 0 radical (unpaired) electrons. The van der Waals surface area contributed by atoms with E-state index in [1.165, 1.54) is 11.1 Å². The first-order chi connectivity index (χ1) is 9.86. The summed E-state index contributed by atoms with van der Waals surface area (Å²) in [5.41, 5.74) is 2.64. The summed E-state index contributed by atoms with van der Waals surface area (Å²) in [5, 5.41) is 3.28. The van der Waals surface area contributed by atoms with Crippen LogP contribution >= 0.6 is 0 Å². The fourth-order valence-electron chi connectivity index (χ4n) is 2.62. The fourth-order valence-corrected chi connectivity index (χ4v) is 2.62. The number of hydrogen-bond acceptors (Lipinski definition) is 3. The lowest BCUT2D eigenvalue weighted by molar-refractivity contribution is 0.174. The lowest BCUT2D eigenvalue weighted by Gasteiger charge is -2.17. The Labute approximate surface area is 119 Å². The summed E-state index contributed by atoms with van der Waals surface area (Å²) in [5.74, 6) is 2.13. The molecule has 0 bridgehead atoms. The van der Waals surface area contributed by atoms with Gasteiger partial charge in [0.15, 0.2) is 11.5 Å². The summed E-state index contributed by atoms with van der Waals surface area (Å²) >= 11 is 0. The standard InChI is InChI=1S/C17H19NO2/c1-18-11-15(9-13-5-3-2-4-6-13)14-7-8-16-17(10-14)20-12-19-16/h2-8,10,15,18H,9,11-12H2,1H3. The topological polar surface area (TPSA) is 30.5 Å². The summed E-state index contributed by atoms with van der Waals surface area (Å²) in [6.07, 6.45) is 1.02. The van der Waals surface area contributed by atoms with E-state index in [0.29, 0.717) is 12.7 Å². The zero-order chi connectivity index (χ0) is 13.8. The molecule has 1 unspecified atom stereocenters. The third-order valence-corrected chi connectivity index (χ3v) is 3.64. The molecule has 1 aliphatic rings. The third-order valence-electron chi connectivity index (χ3n) is 3.64. The van der Waals surface area contributed by atoms with E-state index < -0.39 is 0 Å². The quantitative estimate of drug-likeness (QED) is 0.905. The molecule has 20 heavy (non-hydrogen) atoms. The van der Waals surface area contributed by atoms with Crippen LogP contribution in [0.1, 0.15) is 17.0 Å². The number of hydrogen-bond donors (Lipinski definition) is 1. The van der Waals surface area contributed by atoms with E-state index in [1.807, 2.05) is 13.1 Å². The third kappa shape index (κ3) is 2.78. The summed E-state index contributed by atoms with van der Waals surface area (Å²) in [6, 6.07) is 16.8. The van der Waals surface area contributed by atoms with Gasteiger partial charge in [0.25, 0.3) is 0 Å². The van der Waals surface area contributed by atoms with Gasteiger partial charge in [-0.1, -0.05) is 36.4 Å². The molecular formula is C17H19NO2. The number of fused-ring (bicyclic) bond motifs is 1. The summed E-state index contributed by atoms with van der Waals surface area (Å²) in [4.78, 5) is 0. The summed E-state index contributed by atoms with van der Waals surface area (Å²) in [7, 11) is 1.99. The number of ether oxygens (including phenoxy) is 2. The molecule has 0 amide bonds. The van der Waals surface area contributed by atoms with Crippen LogP contribution in [-0.4, -0.2) is 20.4 Å². The molecule has 0 saturated heterocycles. The molecule has 0 fully saturated rings. The maximum absolute atomic E-state index is 5.47. The molecule has 0 spiro atoms. The number of rotatable bonds is 5. The van der Waals surface area contributed by atoms with Crippen molar-refractivity contribution in [3.8, 4) is 11.5 Å². The molecule has 1 N–H and O–H groups in total. The van der Waals surface area contributed by atoms with Crippen molar-refractivity contribution < 1.29 is 9.47 Å². The normalized spacial score (nSPS) is 14.2. The van der Waals surface area contributed by atoms with Crippen LogP contribution < -0.4 is 14.8 Å². The van der Waals surface area contributed by atoms with E-state index in [-0.39, 0.29) is 0 Å². The smallest absolute Gasteiger partial charge is 0.231 e. The van der Waals surface area contributed by atoms with Crippen LogP contribution in [0.4, 0.5) is 0 Å². The van der Waals surface area contributed by atoms with Gasteiger partial charge < -0.3 is 14.8 Å². The molecule has 1 aliphatic heterocycles. The van der Waals surface area contributed by atoms with Crippen molar-refractivity contribution in [1.82, 2.24) is 5.32 Å². The summed E-state index contributed by atoms with van der Waals surface area (Å²) < 4.78 is 10.8. The van der Waals surface area contributed by atoms with Gasteiger partial charge in [-0.05, 0) is 36.7 Å². The van der Waals surface area contributed by atoms with Gasteiger partial charge in [0.1, 0.15) is 0 Å². The predicted octanol–water partition coefficient (Wildman–Crippen LogP) is 2.96. The van der Waals surface area contributed by atoms with Crippen molar-refractivity contribution in [3.63, 3.8) is 0 Å². The Morgan fingerprint density at radius 2 is 1.85 bits per heavy atom. The Hall–Kier alpha value is -2.00. The van der Waals surface area contributed by atoms with E-state index in [9.17, 15) is 0 Å². The SMILES string of the molecule is CNCC(Cc1ccccc1)c1ccc2c(c1)OCO2. The molecule has 2 aromatic rings. The van der Waals surface area contributed by atoms with Crippen LogP contribution in [-0.2, 0) is 6.42 Å². The monoisotopic (exact) mass is 269 g/mol. The molecule has 3 rings (SSSR count). The van der Waals surface area contributed by atoms with Crippen molar-refractivity contribution in [2.24, 2.45) is 0 Å². The Bertz CT molecular complexity index is 568. The highest BCUT2D eigenvalue weighted by Crippen LogP contribution is 2.35. The molecule has 104 valence electrons. The molecule has 3 heteroatoms. The number of nitrogens with one attached hydrogen (secondary N) is 1. The Morgan fingerprint density at radius 1 is 1.05 bits per heavy atom. The predicted molar refractivity (Wildman–Crippen MR) is 79.4 cm³/mol. The van der Waals surface area contributed by atoms with Crippen LogP contribution in [0.25, 0.3) is 0 Å². The first-order valence-electron chi connectivity index (χ1n) is 6.95. The van der Waals surface area contributed by atoms with Gasteiger partial charge in [0.2, 0.25) is 6.79 Å². The first-order valence-corrected chi connectivity index (χ1v) is 6.95. The maximum atomic E-state index is 5.47. The Kier molecular flexibility index (Phi) is 3.88. The first kappa shape index (κ1) is 13.0. The van der Waals surface area contributed by atoms with Crippen molar-refractivity contribution >= 4 is 0 Å². The van der Waals surface area contributed by atoms with Gasteiger partial charge in [0, 0.05) is 12.5 Å². The van der Waals surface area contributed by atoms with E-state index in [4.69, 9.17) is 9.47 Å². The van der Waals surface area contributed by atoms with Gasteiger partial charge in [-0.25, -0.2) is 0 Å². The summed E-state index contributed by atoms with van der Waals surface area (Å²) in [6.45, 7) is 1.27. The van der Waals surface area contributed by atoms with Gasteiger partial charge in [0.05, 0.1) is 0 Å². The van der Waals surface area contributed by atoms with Crippen LogP contribution in [0, 0.1) is 0 Å². The molecule has 0 saturated carbocycles. The van der Waals surface area contributed by atoms with Crippen molar-refractivity contribution in [1.29, 1.82) is 0 Å². The molecule has 3 nitrogen and oxygen atoms in total. The van der Waals surface area contributed by atoms with E-state index in [1.54, 1.807) is 0 Å². The molecule has 2 aromatic carbocycles. The van der Waals surface area contributed by atoms with Crippen molar-refractivity contribution in [2.75, 3.05) is 20.4 Å². The number of benzene rings is 2. The second-order valence-corrected chi connectivity index (χ2v) is 5.06. The highest BCUT2D eigenvalue weighted by atomic mass is 16.7. The van der Waals surface area contributed by atoms with E-state index >= 15 is 0 Å². The second-order valence-electron chi connectivity index (χ2n) is 5.06. The zero-order valence-corrected chi connectivity index (χ0v) is 11.6. The Balaban J connectivity index is 1.83.